The molecule has 0 aromatic rings. The maximum Gasteiger partial charge on any atom is 0.117 e. The van der Waals surface area contributed by atoms with Crippen LogP contribution in [-0.4, -0.2) is 18.1 Å². The van der Waals surface area contributed by atoms with Gasteiger partial charge in [-0.1, -0.05) is 0 Å². The van der Waals surface area contributed by atoms with Crippen molar-refractivity contribution in [3.63, 3.8) is 0 Å². The van der Waals surface area contributed by atoms with E-state index < -0.39 is 6.17 Å². The lowest BCUT2D eigenvalue weighted by atomic mass is 9.88. The molecule has 0 aliphatic heterocycles. The fourth-order valence-electron chi connectivity index (χ4n) is 1.37. The molecule has 1 fully saturated rings. The third-order valence-electron chi connectivity index (χ3n) is 2.13. The van der Waals surface area contributed by atoms with E-state index in [-0.39, 0.29) is 5.38 Å². The molecule has 3 atom stereocenters. The highest BCUT2D eigenvalue weighted by Crippen LogP contribution is 2.29. The highest BCUT2D eigenvalue weighted by Gasteiger charge is 2.27. The highest BCUT2D eigenvalue weighted by atomic mass is 35.5. The Balaban J connectivity index is 2.33. The Morgan fingerprint density at radius 2 is 2.20 bits per heavy atom. The van der Waals surface area contributed by atoms with E-state index in [1.807, 2.05) is 0 Å². The summed E-state index contributed by atoms with van der Waals surface area (Å²) < 4.78 is 12.8. The van der Waals surface area contributed by atoms with E-state index in [0.29, 0.717) is 18.9 Å². The van der Waals surface area contributed by atoms with E-state index in [2.05, 4.69) is 0 Å². The summed E-state index contributed by atoms with van der Waals surface area (Å²) >= 11 is 5.67. The van der Waals surface area contributed by atoms with Gasteiger partial charge >= 0.3 is 0 Å². The van der Waals surface area contributed by atoms with Gasteiger partial charge in [0.1, 0.15) is 6.17 Å². The minimum absolute atomic E-state index is 0.261. The molecule has 1 aliphatic rings. The van der Waals surface area contributed by atoms with Crippen molar-refractivity contribution in [2.75, 3.05) is 6.54 Å². The van der Waals surface area contributed by atoms with Crippen molar-refractivity contribution < 1.29 is 4.39 Å². The van der Waals surface area contributed by atoms with Crippen LogP contribution in [0.1, 0.15) is 19.3 Å². The van der Waals surface area contributed by atoms with E-state index in [4.69, 9.17) is 17.3 Å². The highest BCUT2D eigenvalue weighted by molar-refractivity contribution is 6.21. The van der Waals surface area contributed by atoms with Crippen molar-refractivity contribution in [3.05, 3.63) is 0 Å². The average molecular weight is 166 g/mol. The molecule has 1 rings (SSSR count). The molecule has 0 bridgehead atoms. The second kappa shape index (κ2) is 3.54. The van der Waals surface area contributed by atoms with Crippen LogP contribution in [0.25, 0.3) is 0 Å². The molecule has 10 heavy (non-hydrogen) atoms. The summed E-state index contributed by atoms with van der Waals surface area (Å²) in [6.45, 7) is 0.601. The quantitative estimate of drug-likeness (QED) is 0.588. The summed E-state index contributed by atoms with van der Waals surface area (Å²) in [6.07, 6.45) is 1.50. The standard InChI is InChI=1S/C7H13ClFN/c8-6-2-1-5(4-10)3-7(6)9/h5-7H,1-4,10H2. The van der Waals surface area contributed by atoms with Crippen LogP contribution in [-0.2, 0) is 0 Å². The molecule has 3 unspecified atom stereocenters. The van der Waals surface area contributed by atoms with Gasteiger partial charge in [0.2, 0.25) is 0 Å². The van der Waals surface area contributed by atoms with E-state index in [1.165, 1.54) is 0 Å². The fraction of sp³-hybridized carbons (Fsp3) is 1.00. The van der Waals surface area contributed by atoms with E-state index >= 15 is 0 Å². The summed E-state index contributed by atoms with van der Waals surface area (Å²) in [5, 5.41) is -0.261. The SMILES string of the molecule is NCC1CCC(Cl)C(F)C1. The summed E-state index contributed by atoms with van der Waals surface area (Å²) in [5.74, 6) is 0.366. The molecular formula is C7H13ClFN. The normalized spacial score (nSPS) is 41.7. The van der Waals surface area contributed by atoms with E-state index in [0.717, 1.165) is 12.8 Å². The lowest BCUT2D eigenvalue weighted by Crippen LogP contribution is -2.30. The van der Waals surface area contributed by atoms with Crippen molar-refractivity contribution in [1.29, 1.82) is 0 Å². The molecule has 1 aliphatic carbocycles. The largest absolute Gasteiger partial charge is 0.330 e. The first-order chi connectivity index (χ1) is 4.74. The Morgan fingerprint density at radius 1 is 1.50 bits per heavy atom. The van der Waals surface area contributed by atoms with Crippen molar-refractivity contribution in [1.82, 2.24) is 0 Å². The number of hydrogen-bond donors (Lipinski definition) is 1. The molecule has 0 aromatic heterocycles. The molecule has 0 aromatic carbocycles. The van der Waals surface area contributed by atoms with Crippen LogP contribution in [0.15, 0.2) is 0 Å². The predicted molar refractivity (Wildman–Crippen MR) is 40.9 cm³/mol. The third kappa shape index (κ3) is 1.83. The van der Waals surface area contributed by atoms with Gasteiger partial charge in [0.15, 0.2) is 0 Å². The zero-order valence-electron chi connectivity index (χ0n) is 5.89. The molecule has 3 heteroatoms. The van der Waals surface area contributed by atoms with Crippen molar-refractivity contribution >= 4 is 11.6 Å². The summed E-state index contributed by atoms with van der Waals surface area (Å²) in [4.78, 5) is 0. The van der Waals surface area contributed by atoms with Gasteiger partial charge < -0.3 is 5.73 Å². The minimum atomic E-state index is -0.830. The Bertz CT molecular complexity index is 110. The number of nitrogens with two attached hydrogens (primary N) is 1. The van der Waals surface area contributed by atoms with Gasteiger partial charge in [0.25, 0.3) is 0 Å². The van der Waals surface area contributed by atoms with Crippen LogP contribution >= 0.6 is 11.6 Å². The number of alkyl halides is 2. The number of halogens is 2. The van der Waals surface area contributed by atoms with Gasteiger partial charge in [-0.2, -0.15) is 0 Å². The number of hydrogen-bond acceptors (Lipinski definition) is 1. The summed E-state index contributed by atoms with van der Waals surface area (Å²) in [5.41, 5.74) is 5.40. The smallest absolute Gasteiger partial charge is 0.117 e. The summed E-state index contributed by atoms with van der Waals surface area (Å²) in [6, 6.07) is 0. The Labute approximate surface area is 65.7 Å². The summed E-state index contributed by atoms with van der Waals surface area (Å²) in [7, 11) is 0. The van der Waals surface area contributed by atoms with E-state index in [9.17, 15) is 4.39 Å². The van der Waals surface area contributed by atoms with Gasteiger partial charge in [-0.05, 0) is 31.7 Å². The first kappa shape index (κ1) is 8.28. The second-order valence-corrected chi connectivity index (χ2v) is 3.51. The lowest BCUT2D eigenvalue weighted by Gasteiger charge is -2.26. The Morgan fingerprint density at radius 3 is 2.70 bits per heavy atom. The molecular weight excluding hydrogens is 153 g/mol. The Kier molecular flexibility index (Phi) is 2.93. The zero-order valence-corrected chi connectivity index (χ0v) is 6.65. The molecule has 1 nitrogen and oxygen atoms in total. The molecule has 1 saturated carbocycles. The topological polar surface area (TPSA) is 26.0 Å². The van der Waals surface area contributed by atoms with E-state index in [1.54, 1.807) is 0 Å². The fourth-order valence-corrected chi connectivity index (χ4v) is 1.60. The first-order valence-electron chi connectivity index (χ1n) is 3.72. The van der Waals surface area contributed by atoms with Crippen LogP contribution in [0.3, 0.4) is 0 Å². The van der Waals surface area contributed by atoms with Crippen molar-refractivity contribution in [3.8, 4) is 0 Å². The monoisotopic (exact) mass is 165 g/mol. The van der Waals surface area contributed by atoms with Crippen LogP contribution in [0.5, 0.6) is 0 Å². The van der Waals surface area contributed by atoms with Crippen molar-refractivity contribution in [2.45, 2.75) is 30.8 Å². The zero-order chi connectivity index (χ0) is 7.56. The Hall–Kier alpha value is 0.180. The van der Waals surface area contributed by atoms with Crippen LogP contribution in [0, 0.1) is 5.92 Å². The van der Waals surface area contributed by atoms with Crippen LogP contribution < -0.4 is 5.73 Å². The minimum Gasteiger partial charge on any atom is -0.330 e. The molecule has 60 valence electrons. The maximum atomic E-state index is 12.8. The molecule has 0 saturated heterocycles. The number of rotatable bonds is 1. The molecule has 2 N–H and O–H groups in total. The maximum absolute atomic E-state index is 12.8. The van der Waals surface area contributed by atoms with Gasteiger partial charge in [0, 0.05) is 0 Å². The molecule has 0 radical (unpaired) electrons. The van der Waals surface area contributed by atoms with Gasteiger partial charge in [0.05, 0.1) is 5.38 Å². The third-order valence-corrected chi connectivity index (χ3v) is 2.63. The predicted octanol–water partition coefficient (Wildman–Crippen LogP) is 1.69. The van der Waals surface area contributed by atoms with Gasteiger partial charge in [-0.3, -0.25) is 0 Å². The molecule has 0 amide bonds. The van der Waals surface area contributed by atoms with Crippen LogP contribution in [0.4, 0.5) is 4.39 Å². The first-order valence-corrected chi connectivity index (χ1v) is 4.16. The van der Waals surface area contributed by atoms with Gasteiger partial charge in [-0.25, -0.2) is 4.39 Å². The van der Waals surface area contributed by atoms with Gasteiger partial charge in [-0.15, -0.1) is 11.6 Å². The van der Waals surface area contributed by atoms with Crippen molar-refractivity contribution in [2.24, 2.45) is 11.7 Å². The average Bonchev–Trinajstić information content (AvgIpc) is 1.95. The molecule has 0 heterocycles. The lowest BCUT2D eigenvalue weighted by molar-refractivity contribution is 0.207. The van der Waals surface area contributed by atoms with Crippen LogP contribution in [0.2, 0.25) is 0 Å². The second-order valence-electron chi connectivity index (χ2n) is 2.95. The molecule has 0 spiro atoms.